The number of hydrogen-bond donors (Lipinski definition) is 2. The van der Waals surface area contributed by atoms with Gasteiger partial charge in [0.25, 0.3) is 0 Å². The average Bonchev–Trinajstić information content (AvgIpc) is 2.49. The molecule has 1 aromatic rings. The number of aliphatic carboxylic acids is 1. The van der Waals surface area contributed by atoms with Gasteiger partial charge in [-0.15, -0.1) is 0 Å². The molecule has 1 aromatic carbocycles. The van der Waals surface area contributed by atoms with Gasteiger partial charge in [-0.3, -0.25) is 14.5 Å². The standard InChI is InChI=1S/C16H21FN2O3/c17-14-4-2-1-3-13(14)9-12-5-7-19(8-6-12)11-15(20)18-10-16(21)22/h1-4,12H,5-11H2,(H,18,20)(H,21,22). The van der Waals surface area contributed by atoms with Crippen molar-refractivity contribution in [1.29, 1.82) is 0 Å². The SMILES string of the molecule is O=C(O)CNC(=O)CN1CCC(Cc2ccccc2F)CC1. The lowest BCUT2D eigenvalue weighted by molar-refractivity contribution is -0.138. The number of carbonyl (C=O) groups is 2. The van der Waals surface area contributed by atoms with Crippen LogP contribution in [0.3, 0.4) is 0 Å². The lowest BCUT2D eigenvalue weighted by Crippen LogP contribution is -2.42. The molecule has 5 nitrogen and oxygen atoms in total. The monoisotopic (exact) mass is 308 g/mol. The number of amides is 1. The second-order valence-electron chi connectivity index (χ2n) is 5.69. The predicted molar refractivity (Wildman–Crippen MR) is 79.9 cm³/mol. The Bertz CT molecular complexity index is 528. The summed E-state index contributed by atoms with van der Waals surface area (Å²) in [5.41, 5.74) is 0.750. The molecule has 6 heteroatoms. The predicted octanol–water partition coefficient (Wildman–Crippen LogP) is 1.28. The van der Waals surface area contributed by atoms with Crippen LogP contribution in [-0.2, 0) is 16.0 Å². The zero-order chi connectivity index (χ0) is 15.9. The summed E-state index contributed by atoms with van der Waals surface area (Å²) in [6.07, 6.45) is 2.56. The maximum atomic E-state index is 13.6. The van der Waals surface area contributed by atoms with Crippen LogP contribution in [0.25, 0.3) is 0 Å². The number of piperidine rings is 1. The van der Waals surface area contributed by atoms with Gasteiger partial charge >= 0.3 is 5.97 Å². The van der Waals surface area contributed by atoms with Gasteiger partial charge in [0, 0.05) is 0 Å². The molecule has 1 aliphatic heterocycles. The molecule has 0 bridgehead atoms. The number of nitrogens with one attached hydrogen (secondary N) is 1. The summed E-state index contributed by atoms with van der Waals surface area (Å²) in [7, 11) is 0. The average molecular weight is 308 g/mol. The van der Waals surface area contributed by atoms with E-state index >= 15 is 0 Å². The Balaban J connectivity index is 1.73. The summed E-state index contributed by atoms with van der Waals surface area (Å²) in [6.45, 7) is 1.43. The molecule has 0 saturated carbocycles. The van der Waals surface area contributed by atoms with Gasteiger partial charge < -0.3 is 10.4 Å². The number of likely N-dealkylation sites (tertiary alicyclic amines) is 1. The quantitative estimate of drug-likeness (QED) is 0.830. The minimum Gasteiger partial charge on any atom is -0.480 e. The van der Waals surface area contributed by atoms with E-state index in [-0.39, 0.29) is 24.8 Å². The van der Waals surface area contributed by atoms with Crippen molar-refractivity contribution in [3.8, 4) is 0 Å². The van der Waals surface area contributed by atoms with Gasteiger partial charge in [0.1, 0.15) is 12.4 Å². The largest absolute Gasteiger partial charge is 0.480 e. The van der Waals surface area contributed by atoms with Crippen LogP contribution in [0, 0.1) is 11.7 Å². The Hall–Kier alpha value is -1.95. The molecule has 120 valence electrons. The molecule has 1 fully saturated rings. The molecule has 0 radical (unpaired) electrons. The van der Waals surface area contributed by atoms with Gasteiger partial charge in [-0.1, -0.05) is 18.2 Å². The lowest BCUT2D eigenvalue weighted by atomic mass is 9.90. The second-order valence-corrected chi connectivity index (χ2v) is 5.69. The summed E-state index contributed by atoms with van der Waals surface area (Å²) in [5.74, 6) is -1.04. The van der Waals surface area contributed by atoms with E-state index in [9.17, 15) is 14.0 Å². The van der Waals surface area contributed by atoms with Crippen molar-refractivity contribution in [2.24, 2.45) is 5.92 Å². The Kier molecular flexibility index (Phi) is 5.89. The molecular formula is C16H21FN2O3. The fourth-order valence-electron chi connectivity index (χ4n) is 2.76. The summed E-state index contributed by atoms with van der Waals surface area (Å²) < 4.78 is 13.6. The first-order chi connectivity index (χ1) is 10.5. The number of carbonyl (C=O) groups excluding carboxylic acids is 1. The minimum atomic E-state index is -1.04. The van der Waals surface area contributed by atoms with E-state index < -0.39 is 5.97 Å². The third-order valence-corrected chi connectivity index (χ3v) is 3.98. The van der Waals surface area contributed by atoms with Crippen molar-refractivity contribution in [3.05, 3.63) is 35.6 Å². The minimum absolute atomic E-state index is 0.155. The van der Waals surface area contributed by atoms with Crippen molar-refractivity contribution in [2.45, 2.75) is 19.3 Å². The molecule has 0 spiro atoms. The van der Waals surface area contributed by atoms with E-state index in [1.807, 2.05) is 17.0 Å². The number of hydrogen-bond acceptors (Lipinski definition) is 3. The number of nitrogens with zero attached hydrogens (tertiary/aromatic N) is 1. The highest BCUT2D eigenvalue weighted by Crippen LogP contribution is 2.22. The highest BCUT2D eigenvalue weighted by molar-refractivity contribution is 5.82. The fraction of sp³-hybridized carbons (Fsp3) is 0.500. The molecule has 0 aromatic heterocycles. The van der Waals surface area contributed by atoms with Gasteiger partial charge in [0.05, 0.1) is 6.54 Å². The molecule has 1 saturated heterocycles. The highest BCUT2D eigenvalue weighted by atomic mass is 19.1. The van der Waals surface area contributed by atoms with Crippen LogP contribution in [0.15, 0.2) is 24.3 Å². The Labute approximate surface area is 129 Å². The van der Waals surface area contributed by atoms with Gasteiger partial charge in [0.15, 0.2) is 0 Å². The molecule has 2 N–H and O–H groups in total. The van der Waals surface area contributed by atoms with Crippen LogP contribution in [0.4, 0.5) is 4.39 Å². The zero-order valence-electron chi connectivity index (χ0n) is 12.4. The second kappa shape index (κ2) is 7.89. The van der Waals surface area contributed by atoms with Gasteiger partial charge in [0.2, 0.25) is 5.91 Å². The molecule has 1 amide bonds. The summed E-state index contributed by atoms with van der Waals surface area (Å²) >= 11 is 0. The molecule has 0 aliphatic carbocycles. The molecule has 1 aliphatic rings. The topological polar surface area (TPSA) is 69.6 Å². The van der Waals surface area contributed by atoms with Crippen LogP contribution < -0.4 is 5.32 Å². The third-order valence-electron chi connectivity index (χ3n) is 3.98. The number of carboxylic acids is 1. The Morgan fingerprint density at radius 2 is 1.95 bits per heavy atom. The van der Waals surface area contributed by atoms with E-state index in [1.165, 1.54) is 6.07 Å². The molecule has 2 rings (SSSR count). The van der Waals surface area contributed by atoms with E-state index in [1.54, 1.807) is 6.07 Å². The van der Waals surface area contributed by atoms with Crippen LogP contribution in [-0.4, -0.2) is 48.1 Å². The first-order valence-electron chi connectivity index (χ1n) is 7.49. The molecule has 22 heavy (non-hydrogen) atoms. The normalized spacial score (nSPS) is 16.4. The van der Waals surface area contributed by atoms with E-state index in [2.05, 4.69) is 5.32 Å². The van der Waals surface area contributed by atoms with Crippen LogP contribution >= 0.6 is 0 Å². The number of carboxylic acid groups (broad SMARTS) is 1. The summed E-state index contributed by atoms with van der Waals surface area (Å²) in [6, 6.07) is 6.84. The van der Waals surface area contributed by atoms with E-state index in [0.717, 1.165) is 37.9 Å². The van der Waals surface area contributed by atoms with Crippen molar-refractivity contribution < 1.29 is 19.1 Å². The zero-order valence-corrected chi connectivity index (χ0v) is 12.4. The van der Waals surface area contributed by atoms with Crippen LogP contribution in [0.1, 0.15) is 18.4 Å². The van der Waals surface area contributed by atoms with E-state index in [0.29, 0.717) is 5.92 Å². The Morgan fingerprint density at radius 3 is 2.59 bits per heavy atom. The van der Waals surface area contributed by atoms with Gasteiger partial charge in [-0.05, 0) is 49.9 Å². The van der Waals surface area contributed by atoms with Crippen molar-refractivity contribution in [1.82, 2.24) is 10.2 Å². The first-order valence-corrected chi connectivity index (χ1v) is 7.49. The van der Waals surface area contributed by atoms with Crippen molar-refractivity contribution >= 4 is 11.9 Å². The van der Waals surface area contributed by atoms with Gasteiger partial charge in [-0.2, -0.15) is 0 Å². The Morgan fingerprint density at radius 1 is 1.27 bits per heavy atom. The molecule has 0 unspecified atom stereocenters. The maximum Gasteiger partial charge on any atom is 0.322 e. The number of benzene rings is 1. The van der Waals surface area contributed by atoms with Crippen LogP contribution in [0.2, 0.25) is 0 Å². The van der Waals surface area contributed by atoms with Gasteiger partial charge in [-0.25, -0.2) is 4.39 Å². The molecular weight excluding hydrogens is 287 g/mol. The van der Waals surface area contributed by atoms with E-state index in [4.69, 9.17) is 5.11 Å². The van der Waals surface area contributed by atoms with Crippen molar-refractivity contribution in [2.75, 3.05) is 26.2 Å². The molecule has 1 heterocycles. The molecule has 0 atom stereocenters. The maximum absolute atomic E-state index is 13.6. The number of halogens is 1. The van der Waals surface area contributed by atoms with Crippen LogP contribution in [0.5, 0.6) is 0 Å². The van der Waals surface area contributed by atoms with Crippen molar-refractivity contribution in [3.63, 3.8) is 0 Å². The third kappa shape index (κ3) is 5.11. The fourth-order valence-corrected chi connectivity index (χ4v) is 2.76. The highest BCUT2D eigenvalue weighted by Gasteiger charge is 2.21. The lowest BCUT2D eigenvalue weighted by Gasteiger charge is -2.31. The number of rotatable bonds is 6. The smallest absolute Gasteiger partial charge is 0.322 e. The first kappa shape index (κ1) is 16.4. The summed E-state index contributed by atoms with van der Waals surface area (Å²) in [5, 5.41) is 10.9. The summed E-state index contributed by atoms with van der Waals surface area (Å²) in [4.78, 5) is 24.0.